The quantitative estimate of drug-likeness (QED) is 0.776. The fourth-order valence-electron chi connectivity index (χ4n) is 2.42. The monoisotopic (exact) mass is 374 g/mol. The highest BCUT2D eigenvalue weighted by Gasteiger charge is 2.35. The number of carbonyl (C=O) groups excluding carboxylic acids is 3. The molecule has 0 saturated heterocycles. The molecule has 0 spiro atoms. The van der Waals surface area contributed by atoms with Crippen molar-refractivity contribution in [1.82, 2.24) is 5.32 Å². The fourth-order valence-corrected chi connectivity index (χ4v) is 2.42. The molecule has 6 nitrogen and oxygen atoms in total. The van der Waals surface area contributed by atoms with Crippen LogP contribution in [0.15, 0.2) is 24.3 Å². The predicted molar refractivity (Wildman–Crippen MR) is 88.3 cm³/mol. The van der Waals surface area contributed by atoms with Gasteiger partial charge in [0, 0.05) is 12.6 Å². The van der Waals surface area contributed by atoms with E-state index in [1.54, 1.807) is 13.8 Å². The van der Waals surface area contributed by atoms with E-state index in [2.05, 4.69) is 10.1 Å². The number of methoxy groups -OCH3 is 1. The molecule has 1 unspecified atom stereocenters. The smallest absolute Gasteiger partial charge is 0.416 e. The second-order valence-electron chi connectivity index (χ2n) is 5.92. The molecule has 0 bridgehead atoms. The van der Waals surface area contributed by atoms with Crippen LogP contribution in [0.3, 0.4) is 0 Å². The summed E-state index contributed by atoms with van der Waals surface area (Å²) in [7, 11) is 1.15. The zero-order chi connectivity index (χ0) is 20.1. The number of esters is 1. The number of carbonyl (C=O) groups is 3. The minimum atomic E-state index is -4.58. The van der Waals surface area contributed by atoms with Crippen LogP contribution in [0.5, 0.6) is 0 Å². The van der Waals surface area contributed by atoms with Gasteiger partial charge in [-0.05, 0) is 24.1 Å². The van der Waals surface area contributed by atoms with Gasteiger partial charge in [-0.2, -0.15) is 13.2 Å². The lowest BCUT2D eigenvalue weighted by Gasteiger charge is -2.33. The molecular weight excluding hydrogens is 353 g/mol. The highest BCUT2D eigenvalue weighted by Crippen LogP contribution is 2.32. The molecule has 0 aliphatic rings. The SMILES string of the molecule is COC(=O)CNC(=O)C(C(C)C)N(C(C)=O)c1cccc(C(F)(F)F)c1. The molecule has 9 heteroatoms. The zero-order valence-corrected chi connectivity index (χ0v) is 14.9. The van der Waals surface area contributed by atoms with Crippen molar-refractivity contribution in [2.75, 3.05) is 18.6 Å². The molecule has 0 aromatic heterocycles. The average molecular weight is 374 g/mol. The molecule has 1 atom stereocenters. The number of halogens is 3. The Morgan fingerprint density at radius 1 is 1.23 bits per heavy atom. The summed E-state index contributed by atoms with van der Waals surface area (Å²) in [5.41, 5.74) is -0.988. The Bertz CT molecular complexity index is 674. The fraction of sp³-hybridized carbons (Fsp3) is 0.471. The van der Waals surface area contributed by atoms with Crippen molar-refractivity contribution in [2.24, 2.45) is 5.92 Å². The highest BCUT2D eigenvalue weighted by molar-refractivity contribution is 6.00. The first kappa shape index (κ1) is 21.5. The normalized spacial score (nSPS) is 12.5. The number of rotatable bonds is 6. The molecule has 0 radical (unpaired) electrons. The van der Waals surface area contributed by atoms with Crippen LogP contribution in [-0.4, -0.2) is 37.5 Å². The van der Waals surface area contributed by atoms with E-state index in [9.17, 15) is 27.6 Å². The van der Waals surface area contributed by atoms with Crippen molar-refractivity contribution in [3.05, 3.63) is 29.8 Å². The molecule has 1 rings (SSSR count). The van der Waals surface area contributed by atoms with Crippen molar-refractivity contribution in [3.63, 3.8) is 0 Å². The Hall–Kier alpha value is -2.58. The van der Waals surface area contributed by atoms with Gasteiger partial charge >= 0.3 is 12.1 Å². The molecule has 0 saturated carbocycles. The maximum Gasteiger partial charge on any atom is 0.416 e. The number of amides is 2. The lowest BCUT2D eigenvalue weighted by atomic mass is 10.00. The van der Waals surface area contributed by atoms with E-state index in [0.717, 1.165) is 37.1 Å². The van der Waals surface area contributed by atoms with E-state index in [-0.39, 0.29) is 5.69 Å². The number of ether oxygens (including phenoxy) is 1. The predicted octanol–water partition coefficient (Wildman–Crippen LogP) is 2.37. The van der Waals surface area contributed by atoms with Crippen LogP contribution in [0, 0.1) is 5.92 Å². The standard InChI is InChI=1S/C17H21F3N2O4/c1-10(2)15(16(25)21-9-14(24)26-4)22(11(3)23)13-7-5-6-12(8-13)17(18,19)20/h5-8,10,15H,9H2,1-4H3,(H,21,25). The third kappa shape index (κ3) is 5.47. The van der Waals surface area contributed by atoms with Gasteiger partial charge in [-0.25, -0.2) is 0 Å². The Kier molecular flexibility index (Phi) is 7.17. The van der Waals surface area contributed by atoms with E-state index in [0.29, 0.717) is 0 Å². The number of hydrogen-bond acceptors (Lipinski definition) is 4. The maximum absolute atomic E-state index is 13.0. The molecular formula is C17H21F3N2O4. The average Bonchev–Trinajstić information content (AvgIpc) is 2.55. The Morgan fingerprint density at radius 2 is 1.85 bits per heavy atom. The van der Waals surface area contributed by atoms with Crippen molar-refractivity contribution in [1.29, 1.82) is 0 Å². The largest absolute Gasteiger partial charge is 0.468 e. The van der Waals surface area contributed by atoms with E-state index >= 15 is 0 Å². The second kappa shape index (κ2) is 8.68. The first-order valence-corrected chi connectivity index (χ1v) is 7.80. The summed E-state index contributed by atoms with van der Waals surface area (Å²) < 4.78 is 43.3. The van der Waals surface area contributed by atoms with E-state index in [4.69, 9.17) is 0 Å². The van der Waals surface area contributed by atoms with Gasteiger partial charge in [-0.15, -0.1) is 0 Å². The van der Waals surface area contributed by atoms with Crippen LogP contribution in [0.1, 0.15) is 26.3 Å². The summed E-state index contributed by atoms with van der Waals surface area (Å²) in [6.45, 7) is 4.04. The Labute approximate surface area is 149 Å². The van der Waals surface area contributed by atoms with Crippen molar-refractivity contribution < 1.29 is 32.3 Å². The number of nitrogens with zero attached hydrogens (tertiary/aromatic N) is 1. The summed E-state index contributed by atoms with van der Waals surface area (Å²) in [5.74, 6) is -2.38. The number of alkyl halides is 3. The summed E-state index contributed by atoms with van der Waals surface area (Å²) in [6, 6.07) is 3.08. The number of nitrogens with one attached hydrogen (secondary N) is 1. The number of benzene rings is 1. The highest BCUT2D eigenvalue weighted by atomic mass is 19.4. The number of hydrogen-bond donors (Lipinski definition) is 1. The third-order valence-electron chi connectivity index (χ3n) is 3.60. The Balaban J connectivity index is 3.25. The summed E-state index contributed by atoms with van der Waals surface area (Å²) in [5, 5.41) is 2.34. The van der Waals surface area contributed by atoms with Gasteiger partial charge < -0.3 is 10.1 Å². The summed E-state index contributed by atoms with van der Waals surface area (Å²) >= 11 is 0. The first-order valence-electron chi connectivity index (χ1n) is 7.80. The van der Waals surface area contributed by atoms with Gasteiger partial charge in [0.05, 0.1) is 12.7 Å². The molecule has 0 heterocycles. The topological polar surface area (TPSA) is 75.7 Å². The van der Waals surface area contributed by atoms with Crippen molar-refractivity contribution >= 4 is 23.5 Å². The molecule has 1 N–H and O–H groups in total. The molecule has 1 aromatic carbocycles. The Morgan fingerprint density at radius 3 is 2.31 bits per heavy atom. The maximum atomic E-state index is 13.0. The van der Waals surface area contributed by atoms with E-state index in [1.165, 1.54) is 6.07 Å². The zero-order valence-electron chi connectivity index (χ0n) is 14.9. The van der Waals surface area contributed by atoms with E-state index < -0.39 is 48.0 Å². The van der Waals surface area contributed by atoms with Crippen LogP contribution in [0.2, 0.25) is 0 Å². The van der Waals surface area contributed by atoms with Gasteiger partial charge in [0.25, 0.3) is 0 Å². The molecule has 0 fully saturated rings. The van der Waals surface area contributed by atoms with Gasteiger partial charge in [0.2, 0.25) is 11.8 Å². The van der Waals surface area contributed by atoms with Crippen LogP contribution in [0.25, 0.3) is 0 Å². The second-order valence-corrected chi connectivity index (χ2v) is 5.92. The summed E-state index contributed by atoms with van der Waals surface area (Å²) in [4.78, 5) is 36.8. The van der Waals surface area contributed by atoms with Gasteiger partial charge in [-0.3, -0.25) is 19.3 Å². The molecule has 26 heavy (non-hydrogen) atoms. The first-order chi connectivity index (χ1) is 12.0. The lowest BCUT2D eigenvalue weighted by molar-refractivity contribution is -0.141. The third-order valence-corrected chi connectivity index (χ3v) is 3.60. The number of anilines is 1. The van der Waals surface area contributed by atoms with Crippen LogP contribution in [0.4, 0.5) is 18.9 Å². The van der Waals surface area contributed by atoms with Crippen LogP contribution >= 0.6 is 0 Å². The van der Waals surface area contributed by atoms with Gasteiger partial charge in [0.1, 0.15) is 12.6 Å². The van der Waals surface area contributed by atoms with E-state index in [1.807, 2.05) is 0 Å². The molecule has 0 aliphatic carbocycles. The summed E-state index contributed by atoms with van der Waals surface area (Å²) in [6.07, 6.45) is -4.58. The van der Waals surface area contributed by atoms with Crippen molar-refractivity contribution in [2.45, 2.75) is 33.0 Å². The van der Waals surface area contributed by atoms with Crippen molar-refractivity contribution in [3.8, 4) is 0 Å². The molecule has 2 amide bonds. The lowest BCUT2D eigenvalue weighted by Crippen LogP contribution is -2.53. The van der Waals surface area contributed by atoms with Gasteiger partial charge in [0.15, 0.2) is 0 Å². The minimum Gasteiger partial charge on any atom is -0.468 e. The molecule has 1 aromatic rings. The van der Waals surface area contributed by atoms with Crippen LogP contribution in [-0.2, 0) is 25.3 Å². The molecule has 144 valence electrons. The van der Waals surface area contributed by atoms with Crippen LogP contribution < -0.4 is 10.2 Å². The van der Waals surface area contributed by atoms with Gasteiger partial charge in [-0.1, -0.05) is 19.9 Å². The molecule has 0 aliphatic heterocycles. The minimum absolute atomic E-state index is 0.0563.